The van der Waals surface area contributed by atoms with E-state index < -0.39 is 0 Å². The molecule has 2 N–H and O–H groups in total. The maximum Gasteiger partial charge on any atom is 0.124 e. The van der Waals surface area contributed by atoms with Gasteiger partial charge in [0.2, 0.25) is 0 Å². The van der Waals surface area contributed by atoms with Gasteiger partial charge in [0.1, 0.15) is 11.5 Å². The number of nitrogens with zero attached hydrogens (tertiary/aromatic N) is 2. The van der Waals surface area contributed by atoms with Gasteiger partial charge in [-0.15, -0.1) is 0 Å². The molecule has 0 fully saturated rings. The first kappa shape index (κ1) is 22.7. The van der Waals surface area contributed by atoms with Crippen molar-refractivity contribution in [2.75, 3.05) is 13.1 Å². The molecule has 0 saturated carbocycles. The van der Waals surface area contributed by atoms with Gasteiger partial charge in [-0.3, -0.25) is 9.98 Å². The molecule has 4 nitrogen and oxygen atoms in total. The highest BCUT2D eigenvalue weighted by atomic mass is 16.3. The molecule has 2 rings (SSSR count). The second-order valence-electron chi connectivity index (χ2n) is 7.42. The summed E-state index contributed by atoms with van der Waals surface area (Å²) in [6, 6.07) is 11.5. The van der Waals surface area contributed by atoms with Crippen molar-refractivity contribution >= 4 is 12.4 Å². The lowest BCUT2D eigenvalue weighted by atomic mass is 10.1. The molecule has 4 heteroatoms. The van der Waals surface area contributed by atoms with E-state index in [4.69, 9.17) is 0 Å². The molecule has 29 heavy (non-hydrogen) atoms. The van der Waals surface area contributed by atoms with Crippen LogP contribution in [-0.4, -0.2) is 35.7 Å². The zero-order valence-corrected chi connectivity index (χ0v) is 17.8. The second-order valence-corrected chi connectivity index (χ2v) is 7.42. The fraction of sp³-hybridized carbons (Fsp3) is 0.440. The number of unbranched alkanes of at least 4 members (excludes halogenated alkanes) is 2. The highest BCUT2D eigenvalue weighted by molar-refractivity contribution is 5.84. The third kappa shape index (κ3) is 8.10. The van der Waals surface area contributed by atoms with Crippen LogP contribution >= 0.6 is 0 Å². The van der Waals surface area contributed by atoms with Gasteiger partial charge in [0, 0.05) is 36.6 Å². The first-order valence-corrected chi connectivity index (χ1v) is 10.8. The monoisotopic (exact) mass is 394 g/mol. The van der Waals surface area contributed by atoms with Crippen LogP contribution in [0.1, 0.15) is 68.2 Å². The van der Waals surface area contributed by atoms with Gasteiger partial charge < -0.3 is 10.2 Å². The van der Waals surface area contributed by atoms with Crippen molar-refractivity contribution in [2.24, 2.45) is 9.98 Å². The number of hydrogen-bond acceptors (Lipinski definition) is 4. The molecule has 0 aromatic heterocycles. The number of phenols is 2. The summed E-state index contributed by atoms with van der Waals surface area (Å²) >= 11 is 0. The molecular weight excluding hydrogens is 360 g/mol. The van der Waals surface area contributed by atoms with Crippen LogP contribution in [0.2, 0.25) is 0 Å². The predicted octanol–water partition coefficient (Wildman–Crippen LogP) is 5.71. The van der Waals surface area contributed by atoms with Crippen molar-refractivity contribution < 1.29 is 10.2 Å². The number of aliphatic imine (C=N–C) groups is 2. The summed E-state index contributed by atoms with van der Waals surface area (Å²) in [7, 11) is 0. The smallest absolute Gasteiger partial charge is 0.124 e. The first-order valence-electron chi connectivity index (χ1n) is 10.8. The molecule has 156 valence electrons. The average Bonchev–Trinajstić information content (AvgIpc) is 2.73. The number of hydrogen-bond donors (Lipinski definition) is 2. The van der Waals surface area contributed by atoms with E-state index in [1.54, 1.807) is 24.6 Å². The molecule has 0 unspecified atom stereocenters. The highest BCUT2D eigenvalue weighted by Gasteiger charge is 2.01. The molecule has 0 aliphatic carbocycles. The summed E-state index contributed by atoms with van der Waals surface area (Å²) < 4.78 is 0. The van der Waals surface area contributed by atoms with Crippen LogP contribution < -0.4 is 0 Å². The quantitative estimate of drug-likeness (QED) is 0.358. The van der Waals surface area contributed by atoms with Gasteiger partial charge in [0.25, 0.3) is 0 Å². The lowest BCUT2D eigenvalue weighted by Gasteiger charge is -2.04. The Morgan fingerprint density at radius 2 is 1.14 bits per heavy atom. The van der Waals surface area contributed by atoms with Crippen LogP contribution in [0, 0.1) is 0 Å². The van der Waals surface area contributed by atoms with Crippen molar-refractivity contribution in [3.8, 4) is 11.5 Å². The summed E-state index contributed by atoms with van der Waals surface area (Å²) in [6.45, 7) is 5.66. The molecule has 0 amide bonds. The van der Waals surface area contributed by atoms with Crippen LogP contribution in [-0.2, 0) is 12.8 Å². The fourth-order valence-electron chi connectivity index (χ4n) is 3.07. The Labute approximate surface area is 175 Å². The van der Waals surface area contributed by atoms with Crippen LogP contribution in [0.4, 0.5) is 0 Å². The minimum absolute atomic E-state index is 0.269. The zero-order chi connectivity index (χ0) is 20.9. The topological polar surface area (TPSA) is 65.2 Å². The van der Waals surface area contributed by atoms with E-state index in [2.05, 4.69) is 23.8 Å². The zero-order valence-electron chi connectivity index (χ0n) is 17.8. The molecule has 2 aromatic carbocycles. The van der Waals surface area contributed by atoms with Crippen LogP contribution in [0.15, 0.2) is 46.4 Å². The van der Waals surface area contributed by atoms with E-state index in [0.717, 1.165) is 56.1 Å². The summed E-state index contributed by atoms with van der Waals surface area (Å²) in [5, 5.41) is 20.0. The second kappa shape index (κ2) is 12.8. The molecule has 0 aliphatic rings. The van der Waals surface area contributed by atoms with Gasteiger partial charge in [-0.05, 0) is 67.5 Å². The van der Waals surface area contributed by atoms with Gasteiger partial charge in [0.05, 0.1) is 0 Å². The standard InChI is InChI=1S/C25H34N2O2/c1-3-5-8-20-10-12-24(28)22(16-20)18-26-14-7-15-27-19-23-17-21(9-6-4-2)11-13-25(23)29/h10-13,16-19,28-29H,3-9,14-15H2,1-2H3. The van der Waals surface area contributed by atoms with E-state index in [1.807, 2.05) is 24.3 Å². The van der Waals surface area contributed by atoms with Crippen molar-refractivity contribution in [1.29, 1.82) is 0 Å². The third-order valence-electron chi connectivity index (χ3n) is 4.86. The normalized spacial score (nSPS) is 11.7. The Bertz CT molecular complexity index is 745. The number of aryl methyl sites for hydroxylation is 2. The van der Waals surface area contributed by atoms with Crippen molar-refractivity contribution in [3.05, 3.63) is 58.7 Å². The SMILES string of the molecule is CCCCc1ccc(O)c(C=NCCCN=Cc2cc(CCCC)ccc2O)c1. The Kier molecular flexibility index (Phi) is 9.98. The number of rotatable bonds is 12. The maximum atomic E-state index is 9.99. The van der Waals surface area contributed by atoms with Gasteiger partial charge in [-0.2, -0.15) is 0 Å². The molecule has 0 spiro atoms. The molecule has 0 atom stereocenters. The summed E-state index contributed by atoms with van der Waals surface area (Å²) in [5.74, 6) is 0.538. The third-order valence-corrected chi connectivity index (χ3v) is 4.86. The van der Waals surface area contributed by atoms with Gasteiger partial charge in [0.15, 0.2) is 0 Å². The first-order chi connectivity index (χ1) is 14.1. The molecule has 0 saturated heterocycles. The fourth-order valence-corrected chi connectivity index (χ4v) is 3.07. The number of aromatic hydroxyl groups is 2. The highest BCUT2D eigenvalue weighted by Crippen LogP contribution is 2.19. The largest absolute Gasteiger partial charge is 0.507 e. The average molecular weight is 395 g/mol. The van der Waals surface area contributed by atoms with Crippen molar-refractivity contribution in [2.45, 2.75) is 58.8 Å². The van der Waals surface area contributed by atoms with Crippen LogP contribution in [0.25, 0.3) is 0 Å². The summed E-state index contributed by atoms with van der Waals surface area (Å²) in [4.78, 5) is 8.85. The summed E-state index contributed by atoms with van der Waals surface area (Å²) in [6.07, 6.45) is 11.0. The summed E-state index contributed by atoms with van der Waals surface area (Å²) in [5.41, 5.74) is 4.01. The van der Waals surface area contributed by atoms with Gasteiger partial charge >= 0.3 is 0 Å². The van der Waals surface area contributed by atoms with Gasteiger partial charge in [-0.25, -0.2) is 0 Å². The molecular formula is C25H34N2O2. The lowest BCUT2D eigenvalue weighted by molar-refractivity contribution is 0.473. The van der Waals surface area contributed by atoms with Crippen molar-refractivity contribution in [3.63, 3.8) is 0 Å². The lowest BCUT2D eigenvalue weighted by Crippen LogP contribution is -1.93. The van der Waals surface area contributed by atoms with Crippen LogP contribution in [0.5, 0.6) is 11.5 Å². The Morgan fingerprint density at radius 1 is 0.690 bits per heavy atom. The van der Waals surface area contributed by atoms with E-state index in [0.29, 0.717) is 13.1 Å². The molecule has 2 aromatic rings. The molecule has 0 aliphatic heterocycles. The Balaban J connectivity index is 1.81. The van der Waals surface area contributed by atoms with E-state index >= 15 is 0 Å². The minimum Gasteiger partial charge on any atom is -0.507 e. The Hall–Kier alpha value is -2.62. The van der Waals surface area contributed by atoms with E-state index in [9.17, 15) is 10.2 Å². The number of benzene rings is 2. The van der Waals surface area contributed by atoms with Crippen LogP contribution in [0.3, 0.4) is 0 Å². The number of phenolic OH excluding ortho intramolecular Hbond substituents is 2. The molecule has 0 heterocycles. The maximum absolute atomic E-state index is 9.99. The molecule has 0 bridgehead atoms. The molecule has 0 radical (unpaired) electrons. The van der Waals surface area contributed by atoms with E-state index in [1.165, 1.54) is 11.1 Å². The van der Waals surface area contributed by atoms with E-state index in [-0.39, 0.29) is 11.5 Å². The van der Waals surface area contributed by atoms with Gasteiger partial charge in [-0.1, -0.05) is 38.8 Å². The minimum atomic E-state index is 0.269. The van der Waals surface area contributed by atoms with Crippen molar-refractivity contribution in [1.82, 2.24) is 0 Å². The Morgan fingerprint density at radius 3 is 1.55 bits per heavy atom. The predicted molar refractivity (Wildman–Crippen MR) is 123 cm³/mol.